The van der Waals surface area contributed by atoms with Crippen LogP contribution in [0.1, 0.15) is 37.7 Å². The van der Waals surface area contributed by atoms with Crippen LogP contribution in [-0.4, -0.2) is 10.4 Å². The Kier molecular flexibility index (Phi) is 6.07. The predicted molar refractivity (Wildman–Crippen MR) is 89.8 cm³/mol. The van der Waals surface area contributed by atoms with Crippen molar-refractivity contribution in [1.29, 1.82) is 0 Å². The van der Waals surface area contributed by atoms with E-state index >= 15 is 0 Å². The molecule has 0 radical (unpaired) electrons. The number of carbonyl (C=O) groups is 1. The largest absolute Gasteiger partial charge is 0.458 e. The second-order valence-corrected chi connectivity index (χ2v) is 6.25. The molecule has 20 heavy (non-hydrogen) atoms. The Morgan fingerprint density at radius 2 is 1.90 bits per heavy atom. The molecular weight excluding hydrogens is 363 g/mol. The first kappa shape index (κ1) is 15.5. The van der Waals surface area contributed by atoms with Crippen LogP contribution in [0, 0.1) is 5.41 Å². The molecule has 0 aliphatic heterocycles. The molecular formula is C17H21IO2. The highest BCUT2D eigenvalue weighted by molar-refractivity contribution is 14.1. The van der Waals surface area contributed by atoms with Gasteiger partial charge in [-0.3, -0.25) is 0 Å². The number of alkyl halides is 1. The van der Waals surface area contributed by atoms with E-state index in [2.05, 4.69) is 28.7 Å². The molecule has 108 valence electrons. The third kappa shape index (κ3) is 4.62. The quantitative estimate of drug-likeness (QED) is 0.319. The predicted octanol–water partition coefficient (Wildman–Crippen LogP) is 4.67. The molecule has 1 saturated carbocycles. The molecule has 0 saturated heterocycles. The number of benzene rings is 1. The van der Waals surface area contributed by atoms with Crippen molar-refractivity contribution in [3.8, 4) is 0 Å². The molecule has 0 amide bonds. The monoisotopic (exact) mass is 384 g/mol. The second-order valence-electron chi connectivity index (χ2n) is 5.48. The number of hydrogen-bond acceptors (Lipinski definition) is 2. The molecule has 3 heteroatoms. The van der Waals surface area contributed by atoms with E-state index in [0.717, 1.165) is 9.99 Å². The second kappa shape index (κ2) is 7.81. The number of allylic oxidation sites excluding steroid dienone is 1. The van der Waals surface area contributed by atoms with Crippen LogP contribution in [0.5, 0.6) is 0 Å². The summed E-state index contributed by atoms with van der Waals surface area (Å²) in [7, 11) is 0. The summed E-state index contributed by atoms with van der Waals surface area (Å²) < 4.78 is 6.36. The van der Waals surface area contributed by atoms with Gasteiger partial charge in [0.1, 0.15) is 6.61 Å². The third-order valence-electron chi connectivity index (χ3n) is 3.91. The van der Waals surface area contributed by atoms with Crippen LogP contribution in [-0.2, 0) is 16.1 Å². The average Bonchev–Trinajstić information content (AvgIpc) is 2.53. The molecule has 1 aromatic carbocycles. The Hall–Kier alpha value is -0.840. The fraction of sp³-hybridized carbons (Fsp3) is 0.471. The maximum Gasteiger partial charge on any atom is 0.330 e. The average molecular weight is 384 g/mol. The zero-order chi connectivity index (χ0) is 14.3. The van der Waals surface area contributed by atoms with E-state index < -0.39 is 0 Å². The van der Waals surface area contributed by atoms with E-state index in [1.54, 1.807) is 6.08 Å². The van der Waals surface area contributed by atoms with Crippen molar-refractivity contribution in [2.45, 2.75) is 38.7 Å². The molecule has 0 unspecified atom stereocenters. The Bertz CT molecular complexity index is 447. The van der Waals surface area contributed by atoms with Gasteiger partial charge in [-0.25, -0.2) is 4.79 Å². The van der Waals surface area contributed by atoms with E-state index in [9.17, 15) is 4.79 Å². The van der Waals surface area contributed by atoms with Gasteiger partial charge in [0.25, 0.3) is 0 Å². The highest BCUT2D eigenvalue weighted by Gasteiger charge is 2.28. The van der Waals surface area contributed by atoms with Crippen molar-refractivity contribution in [3.63, 3.8) is 0 Å². The first-order valence-electron chi connectivity index (χ1n) is 7.20. The van der Waals surface area contributed by atoms with Crippen LogP contribution in [0.15, 0.2) is 42.5 Å². The Labute approximate surface area is 134 Å². The van der Waals surface area contributed by atoms with E-state index in [0.29, 0.717) is 6.61 Å². The highest BCUT2D eigenvalue weighted by atomic mass is 127. The molecule has 1 aliphatic carbocycles. The van der Waals surface area contributed by atoms with Gasteiger partial charge in [0.15, 0.2) is 0 Å². The minimum atomic E-state index is -0.233. The molecule has 1 aromatic rings. The van der Waals surface area contributed by atoms with Crippen molar-refractivity contribution in [2.75, 3.05) is 4.43 Å². The summed E-state index contributed by atoms with van der Waals surface area (Å²) in [4.78, 5) is 11.8. The Morgan fingerprint density at radius 1 is 1.20 bits per heavy atom. The van der Waals surface area contributed by atoms with Crippen LogP contribution in [0.3, 0.4) is 0 Å². The molecule has 1 aliphatic rings. The molecule has 0 aromatic heterocycles. The number of hydrogen-bond donors (Lipinski definition) is 0. The van der Waals surface area contributed by atoms with Crippen LogP contribution in [0.25, 0.3) is 0 Å². The molecule has 0 bridgehead atoms. The molecule has 2 rings (SSSR count). The van der Waals surface area contributed by atoms with Gasteiger partial charge in [0.2, 0.25) is 0 Å². The standard InChI is InChI=1S/C17H21IO2/c18-14-17(10-5-2-6-11-17)12-9-16(19)20-13-15-7-3-1-4-8-15/h1,3-4,7-9,12H,2,5-6,10-11,13-14H2. The minimum absolute atomic E-state index is 0.213. The lowest BCUT2D eigenvalue weighted by molar-refractivity contribution is -0.139. The fourth-order valence-electron chi connectivity index (χ4n) is 2.62. The number of carbonyl (C=O) groups excluding carboxylic acids is 1. The Morgan fingerprint density at radius 3 is 2.55 bits per heavy atom. The summed E-state index contributed by atoms with van der Waals surface area (Å²) in [6, 6.07) is 9.78. The van der Waals surface area contributed by atoms with Gasteiger partial charge in [-0.2, -0.15) is 0 Å². The minimum Gasteiger partial charge on any atom is -0.458 e. The van der Waals surface area contributed by atoms with E-state index in [4.69, 9.17) is 4.74 Å². The van der Waals surface area contributed by atoms with Gasteiger partial charge in [-0.05, 0) is 23.8 Å². The zero-order valence-electron chi connectivity index (χ0n) is 11.7. The lowest BCUT2D eigenvalue weighted by atomic mass is 9.75. The molecule has 0 heterocycles. The normalized spacial score (nSPS) is 18.1. The van der Waals surface area contributed by atoms with Crippen molar-refractivity contribution >= 4 is 28.6 Å². The fourth-order valence-corrected chi connectivity index (χ4v) is 3.64. The van der Waals surface area contributed by atoms with Crippen LogP contribution >= 0.6 is 22.6 Å². The lowest BCUT2D eigenvalue weighted by Gasteiger charge is -2.32. The first-order chi connectivity index (χ1) is 9.74. The number of rotatable bonds is 5. The van der Waals surface area contributed by atoms with Gasteiger partial charge in [0, 0.05) is 10.5 Å². The van der Waals surface area contributed by atoms with Gasteiger partial charge in [-0.1, -0.05) is 78.3 Å². The highest BCUT2D eigenvalue weighted by Crippen LogP contribution is 2.39. The summed E-state index contributed by atoms with van der Waals surface area (Å²) in [5, 5.41) is 0. The van der Waals surface area contributed by atoms with Gasteiger partial charge >= 0.3 is 5.97 Å². The molecule has 0 spiro atoms. The topological polar surface area (TPSA) is 26.3 Å². The summed E-state index contributed by atoms with van der Waals surface area (Å²) >= 11 is 2.43. The SMILES string of the molecule is O=C(C=CC1(CI)CCCCC1)OCc1ccccc1. The van der Waals surface area contributed by atoms with Crippen molar-refractivity contribution in [3.05, 3.63) is 48.0 Å². The molecule has 1 fully saturated rings. The van der Waals surface area contributed by atoms with Crippen LogP contribution < -0.4 is 0 Å². The molecule has 0 atom stereocenters. The van der Waals surface area contributed by atoms with Crippen molar-refractivity contribution in [2.24, 2.45) is 5.41 Å². The van der Waals surface area contributed by atoms with E-state index in [1.807, 2.05) is 30.3 Å². The first-order valence-corrected chi connectivity index (χ1v) is 8.73. The van der Waals surface area contributed by atoms with Gasteiger partial charge in [0.05, 0.1) is 0 Å². The lowest BCUT2D eigenvalue weighted by Crippen LogP contribution is -2.23. The number of esters is 1. The summed E-state index contributed by atoms with van der Waals surface area (Å²) in [6.07, 6.45) is 9.97. The summed E-state index contributed by atoms with van der Waals surface area (Å²) in [5.74, 6) is -0.233. The maximum atomic E-state index is 11.8. The third-order valence-corrected chi connectivity index (χ3v) is 5.43. The van der Waals surface area contributed by atoms with Crippen LogP contribution in [0.4, 0.5) is 0 Å². The van der Waals surface area contributed by atoms with E-state index in [-0.39, 0.29) is 11.4 Å². The van der Waals surface area contributed by atoms with Crippen molar-refractivity contribution < 1.29 is 9.53 Å². The van der Waals surface area contributed by atoms with Gasteiger partial charge in [-0.15, -0.1) is 0 Å². The maximum absolute atomic E-state index is 11.8. The number of ether oxygens (including phenoxy) is 1. The molecule has 0 N–H and O–H groups in total. The van der Waals surface area contributed by atoms with Gasteiger partial charge < -0.3 is 4.74 Å². The van der Waals surface area contributed by atoms with Crippen molar-refractivity contribution in [1.82, 2.24) is 0 Å². The Balaban J connectivity index is 1.85. The number of halogens is 1. The summed E-state index contributed by atoms with van der Waals surface area (Å²) in [5.41, 5.74) is 1.24. The van der Waals surface area contributed by atoms with E-state index in [1.165, 1.54) is 32.1 Å². The zero-order valence-corrected chi connectivity index (χ0v) is 13.8. The summed E-state index contributed by atoms with van der Waals surface area (Å²) in [6.45, 7) is 0.348. The molecule has 2 nitrogen and oxygen atoms in total. The van der Waals surface area contributed by atoms with Crippen LogP contribution in [0.2, 0.25) is 0 Å². The smallest absolute Gasteiger partial charge is 0.330 e.